The van der Waals surface area contributed by atoms with Crippen molar-refractivity contribution in [2.75, 3.05) is 13.1 Å². The van der Waals surface area contributed by atoms with Crippen molar-refractivity contribution in [2.24, 2.45) is 11.7 Å². The third-order valence-corrected chi connectivity index (χ3v) is 5.02. The molecule has 0 unspecified atom stereocenters. The van der Waals surface area contributed by atoms with Gasteiger partial charge in [0.05, 0.1) is 5.56 Å². The number of para-hydroxylation sites is 1. The van der Waals surface area contributed by atoms with Crippen LogP contribution in [0.1, 0.15) is 59.9 Å². The molecule has 0 bridgehead atoms. The molecular weight excluding hydrogens is 352 g/mol. The molecule has 0 heterocycles. The maximum absolute atomic E-state index is 12.9. The minimum atomic E-state index is -0.528. The average Bonchev–Trinajstić information content (AvgIpc) is 2.73. The van der Waals surface area contributed by atoms with E-state index in [0.717, 1.165) is 24.9 Å². The Morgan fingerprint density at radius 2 is 1.75 bits per heavy atom. The number of benzene rings is 2. The van der Waals surface area contributed by atoms with E-state index in [1.807, 2.05) is 36.1 Å². The van der Waals surface area contributed by atoms with Crippen LogP contribution in [0.4, 0.5) is 0 Å². The summed E-state index contributed by atoms with van der Waals surface area (Å²) in [5, 5.41) is 0. The molecule has 0 saturated carbocycles. The van der Waals surface area contributed by atoms with Crippen molar-refractivity contribution in [3.05, 3.63) is 65.2 Å². The van der Waals surface area contributed by atoms with Gasteiger partial charge in [0.25, 0.3) is 11.8 Å². The lowest BCUT2D eigenvalue weighted by Gasteiger charge is -2.25. The first-order valence-corrected chi connectivity index (χ1v) is 9.89. The molecule has 0 fully saturated rings. The van der Waals surface area contributed by atoms with Gasteiger partial charge in [0.1, 0.15) is 12.4 Å². The van der Waals surface area contributed by atoms with E-state index >= 15 is 0 Å². The van der Waals surface area contributed by atoms with Crippen molar-refractivity contribution < 1.29 is 14.3 Å². The summed E-state index contributed by atoms with van der Waals surface area (Å²) in [4.78, 5) is 26.4. The summed E-state index contributed by atoms with van der Waals surface area (Å²) in [6.07, 6.45) is 2.13. The van der Waals surface area contributed by atoms with Gasteiger partial charge in [0.15, 0.2) is 0 Å². The predicted octanol–water partition coefficient (Wildman–Crippen LogP) is 4.26. The zero-order valence-corrected chi connectivity index (χ0v) is 17.0. The van der Waals surface area contributed by atoms with Crippen LogP contribution in [0.5, 0.6) is 5.75 Å². The van der Waals surface area contributed by atoms with Crippen LogP contribution in [-0.4, -0.2) is 29.8 Å². The Morgan fingerprint density at radius 1 is 1.04 bits per heavy atom. The smallest absolute Gasteiger partial charge is 0.253 e. The van der Waals surface area contributed by atoms with Crippen LogP contribution in [0.2, 0.25) is 0 Å². The van der Waals surface area contributed by atoms with Crippen molar-refractivity contribution >= 4 is 11.8 Å². The Balaban J connectivity index is 2.11. The zero-order chi connectivity index (χ0) is 20.5. The van der Waals surface area contributed by atoms with E-state index in [1.54, 1.807) is 24.3 Å². The van der Waals surface area contributed by atoms with E-state index in [9.17, 15) is 9.59 Å². The van der Waals surface area contributed by atoms with Gasteiger partial charge in [-0.15, -0.1) is 0 Å². The molecule has 2 aromatic carbocycles. The Bertz CT molecular complexity index is 800. The maximum atomic E-state index is 12.9. The molecule has 0 atom stereocenters. The van der Waals surface area contributed by atoms with Gasteiger partial charge in [-0.1, -0.05) is 51.0 Å². The van der Waals surface area contributed by atoms with Crippen LogP contribution < -0.4 is 10.5 Å². The fourth-order valence-electron chi connectivity index (χ4n) is 3.15. The van der Waals surface area contributed by atoms with Crippen LogP contribution >= 0.6 is 0 Å². The molecule has 150 valence electrons. The largest absolute Gasteiger partial charge is 0.488 e. The number of nitrogens with zero attached hydrogens (tertiary/aromatic N) is 1. The number of carbonyl (C=O) groups excluding carboxylic acids is 2. The van der Waals surface area contributed by atoms with Crippen molar-refractivity contribution in [3.63, 3.8) is 0 Å². The average molecular weight is 383 g/mol. The molecule has 0 aliphatic rings. The van der Waals surface area contributed by atoms with E-state index < -0.39 is 5.91 Å². The standard InChI is InChI=1S/C23H30N2O3/c1-4-17(5-2)15-25(6-3)23(27)19-11-9-10-18(14-19)16-28-21-13-8-7-12-20(21)22(24)26/h7-14,17H,4-6,15-16H2,1-3H3,(H2,24,26). The maximum Gasteiger partial charge on any atom is 0.253 e. The molecule has 5 heteroatoms. The van der Waals surface area contributed by atoms with Crippen molar-refractivity contribution in [3.8, 4) is 5.75 Å². The first kappa shape index (κ1) is 21.5. The van der Waals surface area contributed by atoms with Crippen LogP contribution in [-0.2, 0) is 6.61 Å². The second kappa shape index (κ2) is 10.5. The second-order valence-corrected chi connectivity index (χ2v) is 6.88. The lowest BCUT2D eigenvalue weighted by molar-refractivity contribution is 0.0734. The highest BCUT2D eigenvalue weighted by atomic mass is 16.5. The SMILES string of the molecule is CCC(CC)CN(CC)C(=O)c1cccc(COc2ccccc2C(N)=O)c1. The third kappa shape index (κ3) is 5.59. The number of carbonyl (C=O) groups is 2. The predicted molar refractivity (Wildman–Crippen MR) is 111 cm³/mol. The molecule has 0 aliphatic heterocycles. The lowest BCUT2D eigenvalue weighted by atomic mass is 10.0. The van der Waals surface area contributed by atoms with Gasteiger partial charge in [0.2, 0.25) is 0 Å². The number of amides is 2. The first-order valence-electron chi connectivity index (χ1n) is 9.89. The summed E-state index contributed by atoms with van der Waals surface area (Å²) in [7, 11) is 0. The number of rotatable bonds is 10. The summed E-state index contributed by atoms with van der Waals surface area (Å²) in [6.45, 7) is 8.04. The topological polar surface area (TPSA) is 72.6 Å². The lowest BCUT2D eigenvalue weighted by Crippen LogP contribution is -2.35. The van der Waals surface area contributed by atoms with E-state index in [4.69, 9.17) is 10.5 Å². The normalized spacial score (nSPS) is 10.7. The monoisotopic (exact) mass is 382 g/mol. The first-order chi connectivity index (χ1) is 13.5. The molecule has 0 saturated heterocycles. The summed E-state index contributed by atoms with van der Waals surface area (Å²) < 4.78 is 5.78. The molecule has 2 amide bonds. The quantitative estimate of drug-likeness (QED) is 0.667. The van der Waals surface area contributed by atoms with Crippen molar-refractivity contribution in [1.29, 1.82) is 0 Å². The molecule has 0 aromatic heterocycles. The molecule has 2 rings (SSSR count). The van der Waals surface area contributed by atoms with E-state index in [2.05, 4.69) is 13.8 Å². The minimum Gasteiger partial charge on any atom is -0.488 e. The fraction of sp³-hybridized carbons (Fsp3) is 0.391. The summed E-state index contributed by atoms with van der Waals surface area (Å²) in [6, 6.07) is 14.3. The van der Waals surface area contributed by atoms with Crippen LogP contribution in [0, 0.1) is 5.92 Å². The summed E-state index contributed by atoms with van der Waals surface area (Å²) >= 11 is 0. The summed E-state index contributed by atoms with van der Waals surface area (Å²) in [5.74, 6) is 0.463. The molecule has 28 heavy (non-hydrogen) atoms. The zero-order valence-electron chi connectivity index (χ0n) is 17.0. The highest BCUT2D eigenvalue weighted by Gasteiger charge is 2.18. The minimum absolute atomic E-state index is 0.0359. The summed E-state index contributed by atoms with van der Waals surface area (Å²) in [5.41, 5.74) is 7.25. The molecule has 0 aliphatic carbocycles. The van der Waals surface area contributed by atoms with Gasteiger partial charge in [-0.3, -0.25) is 9.59 Å². The van der Waals surface area contributed by atoms with Gasteiger partial charge >= 0.3 is 0 Å². The second-order valence-electron chi connectivity index (χ2n) is 6.88. The molecule has 0 spiro atoms. The molecule has 0 radical (unpaired) electrons. The van der Waals surface area contributed by atoms with Crippen molar-refractivity contribution in [2.45, 2.75) is 40.2 Å². The number of ether oxygens (including phenoxy) is 1. The van der Waals surface area contributed by atoms with Gasteiger partial charge in [0, 0.05) is 18.7 Å². The number of hydrogen-bond donors (Lipinski definition) is 1. The Kier molecular flexibility index (Phi) is 8.05. The van der Waals surface area contributed by atoms with Crippen molar-refractivity contribution in [1.82, 2.24) is 4.90 Å². The number of nitrogens with two attached hydrogens (primary N) is 1. The van der Waals surface area contributed by atoms with E-state index in [1.165, 1.54) is 0 Å². The molecule has 2 aromatic rings. The Hall–Kier alpha value is -2.82. The van der Waals surface area contributed by atoms with Crippen LogP contribution in [0.3, 0.4) is 0 Å². The molecule has 2 N–H and O–H groups in total. The van der Waals surface area contributed by atoms with Crippen LogP contribution in [0.15, 0.2) is 48.5 Å². The van der Waals surface area contributed by atoms with Gasteiger partial charge in [-0.25, -0.2) is 0 Å². The van der Waals surface area contributed by atoms with Gasteiger partial charge < -0.3 is 15.4 Å². The molecular formula is C23H30N2O3. The van der Waals surface area contributed by atoms with Crippen LogP contribution in [0.25, 0.3) is 0 Å². The highest BCUT2D eigenvalue weighted by molar-refractivity contribution is 5.95. The molecule has 5 nitrogen and oxygen atoms in total. The third-order valence-electron chi connectivity index (χ3n) is 5.02. The number of primary amides is 1. The van der Waals surface area contributed by atoms with Gasteiger partial charge in [-0.05, 0) is 42.7 Å². The van der Waals surface area contributed by atoms with E-state index in [-0.39, 0.29) is 12.5 Å². The van der Waals surface area contributed by atoms with Gasteiger partial charge in [-0.2, -0.15) is 0 Å². The van der Waals surface area contributed by atoms with E-state index in [0.29, 0.717) is 29.3 Å². The highest BCUT2D eigenvalue weighted by Crippen LogP contribution is 2.20. The number of hydrogen-bond acceptors (Lipinski definition) is 3. The Labute approximate surface area is 167 Å². The Morgan fingerprint density at radius 3 is 2.39 bits per heavy atom. The fourth-order valence-corrected chi connectivity index (χ4v) is 3.15.